The lowest BCUT2D eigenvalue weighted by molar-refractivity contribution is -0.153. The number of rotatable bonds is 4. The minimum absolute atomic E-state index is 0.00427. The summed E-state index contributed by atoms with van der Waals surface area (Å²) in [5.41, 5.74) is 0. The van der Waals surface area contributed by atoms with Crippen LogP contribution in [0.1, 0.15) is 39.0 Å². The number of carbonyl (C=O) groups excluding carboxylic acids is 1. The molecule has 1 aromatic carbocycles. The van der Waals surface area contributed by atoms with E-state index < -0.39 is 23.9 Å². The molecule has 1 amide bonds. The molecule has 1 aromatic rings. The van der Waals surface area contributed by atoms with E-state index >= 15 is 0 Å². The Morgan fingerprint density at radius 3 is 2.71 bits per heavy atom. The van der Waals surface area contributed by atoms with Crippen LogP contribution in [0.25, 0.3) is 0 Å². The fourth-order valence-corrected chi connectivity index (χ4v) is 3.99. The standard InChI is InChI=1S/C18H22FNO4/c1-11(24-16-9-5-3-7-13(16)19)17(21)20-14-8-4-2-6-12(14)10-15(20)18(22)23/h3,5,7,9,11-12,14-15H,2,4,6,8,10H2,1H3,(H,22,23). The normalized spacial score (nSPS) is 27.4. The predicted octanol–water partition coefficient (Wildman–Crippen LogP) is 2.84. The van der Waals surface area contributed by atoms with Gasteiger partial charge in [-0.05, 0) is 44.2 Å². The van der Waals surface area contributed by atoms with Gasteiger partial charge in [-0.25, -0.2) is 9.18 Å². The number of ether oxygens (including phenoxy) is 1. The summed E-state index contributed by atoms with van der Waals surface area (Å²) >= 11 is 0. The Kier molecular flexibility index (Phi) is 4.73. The first kappa shape index (κ1) is 16.7. The second-order valence-electron chi connectivity index (χ2n) is 6.64. The van der Waals surface area contributed by atoms with Crippen molar-refractivity contribution in [2.75, 3.05) is 0 Å². The number of carbonyl (C=O) groups is 2. The number of aliphatic carboxylic acids is 1. The Morgan fingerprint density at radius 2 is 2.00 bits per heavy atom. The fourth-order valence-electron chi connectivity index (χ4n) is 3.99. The van der Waals surface area contributed by atoms with Crippen LogP contribution in [0, 0.1) is 11.7 Å². The molecule has 0 spiro atoms. The number of halogens is 1. The van der Waals surface area contributed by atoms with E-state index in [-0.39, 0.29) is 23.6 Å². The van der Waals surface area contributed by atoms with Crippen molar-refractivity contribution >= 4 is 11.9 Å². The molecule has 130 valence electrons. The second kappa shape index (κ2) is 6.79. The third kappa shape index (κ3) is 3.09. The van der Waals surface area contributed by atoms with E-state index in [2.05, 4.69) is 0 Å². The van der Waals surface area contributed by atoms with Crippen LogP contribution in [0.15, 0.2) is 24.3 Å². The van der Waals surface area contributed by atoms with Gasteiger partial charge in [0.1, 0.15) is 6.04 Å². The van der Waals surface area contributed by atoms with Crippen LogP contribution >= 0.6 is 0 Å². The summed E-state index contributed by atoms with van der Waals surface area (Å²) in [6, 6.07) is 5.04. The summed E-state index contributed by atoms with van der Waals surface area (Å²) in [7, 11) is 0. The summed E-state index contributed by atoms with van der Waals surface area (Å²) in [5, 5.41) is 9.50. The van der Waals surface area contributed by atoms with Gasteiger partial charge in [0.2, 0.25) is 0 Å². The highest BCUT2D eigenvalue weighted by atomic mass is 19.1. The molecule has 1 aliphatic heterocycles. The molecule has 1 saturated heterocycles. The Bertz CT molecular complexity index is 635. The predicted molar refractivity (Wildman–Crippen MR) is 85.1 cm³/mol. The van der Waals surface area contributed by atoms with Gasteiger partial charge in [0.15, 0.2) is 17.7 Å². The highest BCUT2D eigenvalue weighted by Crippen LogP contribution is 2.40. The Morgan fingerprint density at radius 1 is 1.29 bits per heavy atom. The van der Waals surface area contributed by atoms with Crippen molar-refractivity contribution in [2.45, 2.75) is 57.2 Å². The monoisotopic (exact) mass is 335 g/mol. The SMILES string of the molecule is CC(Oc1ccccc1F)C(=O)N1C(C(=O)O)CC2CCCCC21. The van der Waals surface area contributed by atoms with Crippen molar-refractivity contribution in [3.63, 3.8) is 0 Å². The molecular weight excluding hydrogens is 313 g/mol. The minimum Gasteiger partial charge on any atom is -0.480 e. The van der Waals surface area contributed by atoms with Crippen LogP contribution in [0.4, 0.5) is 4.39 Å². The number of hydrogen-bond donors (Lipinski definition) is 1. The molecule has 2 aliphatic rings. The van der Waals surface area contributed by atoms with E-state index in [1.54, 1.807) is 19.1 Å². The Labute approximate surface area is 140 Å². The minimum atomic E-state index is -0.976. The topological polar surface area (TPSA) is 66.8 Å². The molecule has 0 radical (unpaired) electrons. The first-order valence-electron chi connectivity index (χ1n) is 8.45. The van der Waals surface area contributed by atoms with Gasteiger partial charge in [0.05, 0.1) is 0 Å². The molecule has 3 rings (SSSR count). The highest BCUT2D eigenvalue weighted by Gasteiger charge is 2.48. The quantitative estimate of drug-likeness (QED) is 0.919. The number of benzene rings is 1. The van der Waals surface area contributed by atoms with Crippen molar-refractivity contribution in [3.8, 4) is 5.75 Å². The van der Waals surface area contributed by atoms with Gasteiger partial charge >= 0.3 is 5.97 Å². The van der Waals surface area contributed by atoms with E-state index in [0.29, 0.717) is 6.42 Å². The van der Waals surface area contributed by atoms with Crippen LogP contribution in [0.5, 0.6) is 5.75 Å². The number of carboxylic acid groups (broad SMARTS) is 1. The number of amides is 1. The number of para-hydroxylation sites is 1. The lowest BCUT2D eigenvalue weighted by Crippen LogP contribution is -2.50. The summed E-state index contributed by atoms with van der Waals surface area (Å²) in [6.45, 7) is 1.55. The highest BCUT2D eigenvalue weighted by molar-refractivity contribution is 5.87. The van der Waals surface area contributed by atoms with Gasteiger partial charge < -0.3 is 14.7 Å². The molecule has 1 heterocycles. The number of likely N-dealkylation sites (tertiary alicyclic amines) is 1. The van der Waals surface area contributed by atoms with Crippen molar-refractivity contribution in [2.24, 2.45) is 5.92 Å². The largest absolute Gasteiger partial charge is 0.480 e. The molecule has 6 heteroatoms. The number of carboxylic acids is 1. The average molecular weight is 335 g/mol. The molecular formula is C18H22FNO4. The van der Waals surface area contributed by atoms with Gasteiger partial charge in [-0.2, -0.15) is 0 Å². The van der Waals surface area contributed by atoms with E-state index in [0.717, 1.165) is 25.7 Å². The summed E-state index contributed by atoms with van der Waals surface area (Å²) in [4.78, 5) is 25.9. The first-order chi connectivity index (χ1) is 11.5. The van der Waals surface area contributed by atoms with Crippen molar-refractivity contribution in [1.82, 2.24) is 4.90 Å². The number of hydrogen-bond acceptors (Lipinski definition) is 3. The van der Waals surface area contributed by atoms with Crippen LogP contribution in [0.3, 0.4) is 0 Å². The molecule has 2 fully saturated rings. The van der Waals surface area contributed by atoms with Crippen molar-refractivity contribution in [1.29, 1.82) is 0 Å². The molecule has 5 nitrogen and oxygen atoms in total. The van der Waals surface area contributed by atoms with Gasteiger partial charge in [-0.15, -0.1) is 0 Å². The van der Waals surface area contributed by atoms with Crippen LogP contribution in [-0.4, -0.2) is 40.1 Å². The van der Waals surface area contributed by atoms with Gasteiger partial charge in [-0.1, -0.05) is 25.0 Å². The van der Waals surface area contributed by atoms with E-state index in [9.17, 15) is 19.1 Å². The average Bonchev–Trinajstić information content (AvgIpc) is 2.96. The Balaban J connectivity index is 1.78. The van der Waals surface area contributed by atoms with E-state index in [1.165, 1.54) is 17.0 Å². The third-order valence-electron chi connectivity index (χ3n) is 5.12. The third-order valence-corrected chi connectivity index (χ3v) is 5.12. The number of fused-ring (bicyclic) bond motifs is 1. The lowest BCUT2D eigenvalue weighted by atomic mass is 9.84. The Hall–Kier alpha value is -2.11. The summed E-state index contributed by atoms with van der Waals surface area (Å²) in [5.74, 6) is -1.64. The maximum atomic E-state index is 13.7. The summed E-state index contributed by atoms with van der Waals surface area (Å²) in [6.07, 6.45) is 3.44. The molecule has 24 heavy (non-hydrogen) atoms. The first-order valence-corrected chi connectivity index (χ1v) is 8.45. The van der Waals surface area contributed by atoms with Crippen molar-refractivity contribution in [3.05, 3.63) is 30.1 Å². The summed E-state index contributed by atoms with van der Waals surface area (Å²) < 4.78 is 19.2. The molecule has 1 saturated carbocycles. The molecule has 4 unspecified atom stereocenters. The van der Waals surface area contributed by atoms with Crippen LogP contribution in [-0.2, 0) is 9.59 Å². The van der Waals surface area contributed by atoms with Gasteiger partial charge in [0, 0.05) is 6.04 Å². The second-order valence-corrected chi connectivity index (χ2v) is 6.64. The molecule has 4 atom stereocenters. The molecule has 1 N–H and O–H groups in total. The maximum absolute atomic E-state index is 13.7. The van der Waals surface area contributed by atoms with E-state index in [4.69, 9.17) is 4.74 Å². The number of nitrogens with zero attached hydrogens (tertiary/aromatic N) is 1. The molecule has 1 aliphatic carbocycles. The zero-order valence-corrected chi connectivity index (χ0v) is 13.7. The zero-order chi connectivity index (χ0) is 17.3. The van der Waals surface area contributed by atoms with Crippen LogP contribution in [0.2, 0.25) is 0 Å². The fraction of sp³-hybridized carbons (Fsp3) is 0.556. The van der Waals surface area contributed by atoms with Crippen molar-refractivity contribution < 1.29 is 23.8 Å². The smallest absolute Gasteiger partial charge is 0.326 e. The van der Waals surface area contributed by atoms with Gasteiger partial charge in [0.25, 0.3) is 5.91 Å². The van der Waals surface area contributed by atoms with Gasteiger partial charge in [-0.3, -0.25) is 4.79 Å². The molecule has 0 aromatic heterocycles. The van der Waals surface area contributed by atoms with Crippen LogP contribution < -0.4 is 4.74 Å². The molecule has 0 bridgehead atoms. The van der Waals surface area contributed by atoms with E-state index in [1.807, 2.05) is 0 Å². The zero-order valence-electron chi connectivity index (χ0n) is 13.7. The lowest BCUT2D eigenvalue weighted by Gasteiger charge is -2.34. The maximum Gasteiger partial charge on any atom is 0.326 e.